The van der Waals surface area contributed by atoms with Gasteiger partial charge in [0.25, 0.3) is 0 Å². The van der Waals surface area contributed by atoms with Crippen LogP contribution in [0.3, 0.4) is 0 Å². The predicted molar refractivity (Wildman–Crippen MR) is 109 cm³/mol. The number of nitriles is 1. The number of aromatic nitrogens is 6. The van der Waals surface area contributed by atoms with Crippen molar-refractivity contribution >= 4 is 28.3 Å². The van der Waals surface area contributed by atoms with Crippen molar-refractivity contribution in [1.82, 2.24) is 29.1 Å². The first-order valence-electron chi connectivity index (χ1n) is 9.05. The fourth-order valence-corrected chi connectivity index (χ4v) is 3.27. The quantitative estimate of drug-likeness (QED) is 0.513. The maximum atomic E-state index is 9.02. The van der Waals surface area contributed by atoms with Crippen molar-refractivity contribution < 1.29 is 0 Å². The molecular weight excluding hydrogens is 364 g/mol. The summed E-state index contributed by atoms with van der Waals surface area (Å²) in [6, 6.07) is 11.4. The minimum Gasteiger partial charge on any atom is -0.323 e. The number of benzene rings is 1. The number of nitrogens with one attached hydrogen (secondary N) is 1. The molecule has 140 valence electrons. The Morgan fingerprint density at radius 1 is 1.10 bits per heavy atom. The Morgan fingerprint density at radius 2 is 1.93 bits per heavy atom. The highest BCUT2D eigenvalue weighted by Gasteiger charge is 2.13. The molecule has 0 aliphatic carbocycles. The number of nitrogens with zero attached hydrogens (tertiary/aromatic N) is 7. The summed E-state index contributed by atoms with van der Waals surface area (Å²) in [7, 11) is 0. The number of rotatable bonds is 3. The molecule has 0 aliphatic rings. The first-order chi connectivity index (χ1) is 14.1. The van der Waals surface area contributed by atoms with Crippen LogP contribution in [0.2, 0.25) is 0 Å². The second kappa shape index (κ2) is 6.42. The highest BCUT2D eigenvalue weighted by Crippen LogP contribution is 2.24. The van der Waals surface area contributed by atoms with E-state index in [4.69, 9.17) is 10.2 Å². The average Bonchev–Trinajstić information content (AvgIpc) is 3.32. The van der Waals surface area contributed by atoms with Crippen LogP contribution in [0.15, 0.2) is 55.1 Å². The van der Waals surface area contributed by atoms with Gasteiger partial charge in [0.2, 0.25) is 5.95 Å². The van der Waals surface area contributed by atoms with Crippen molar-refractivity contribution in [2.75, 3.05) is 5.32 Å². The molecule has 0 spiro atoms. The van der Waals surface area contributed by atoms with Crippen LogP contribution in [-0.2, 0) is 0 Å². The van der Waals surface area contributed by atoms with Gasteiger partial charge in [0.1, 0.15) is 5.65 Å². The number of hydrogen-bond acceptors (Lipinski definition) is 6. The van der Waals surface area contributed by atoms with Crippen LogP contribution in [-0.4, -0.2) is 29.1 Å². The number of aryl methyl sites for hydroxylation is 2. The second-order valence-electron chi connectivity index (χ2n) is 6.77. The van der Waals surface area contributed by atoms with Gasteiger partial charge in [-0.1, -0.05) is 0 Å². The Morgan fingerprint density at radius 3 is 2.72 bits per heavy atom. The fraction of sp³-hybridized carbons (Fsp3) is 0.0952. The summed E-state index contributed by atoms with van der Waals surface area (Å²) < 4.78 is 3.71. The van der Waals surface area contributed by atoms with Crippen LogP contribution < -0.4 is 5.32 Å². The molecule has 0 fully saturated rings. The van der Waals surface area contributed by atoms with E-state index in [0.717, 1.165) is 33.7 Å². The van der Waals surface area contributed by atoms with E-state index in [9.17, 15) is 0 Å². The zero-order valence-electron chi connectivity index (χ0n) is 15.8. The molecule has 5 aromatic rings. The highest BCUT2D eigenvalue weighted by atomic mass is 15.3. The average molecular weight is 380 g/mol. The van der Waals surface area contributed by atoms with Gasteiger partial charge in [-0.25, -0.2) is 14.6 Å². The third-order valence-electron chi connectivity index (χ3n) is 4.83. The van der Waals surface area contributed by atoms with Crippen molar-refractivity contribution in [2.45, 2.75) is 13.8 Å². The van der Waals surface area contributed by atoms with Gasteiger partial charge < -0.3 is 9.72 Å². The number of pyridine rings is 1. The molecule has 1 aromatic carbocycles. The van der Waals surface area contributed by atoms with Crippen molar-refractivity contribution in [3.63, 3.8) is 0 Å². The van der Waals surface area contributed by atoms with E-state index < -0.39 is 0 Å². The normalized spacial score (nSPS) is 11.1. The second-order valence-corrected chi connectivity index (χ2v) is 6.77. The predicted octanol–water partition coefficient (Wildman–Crippen LogP) is 3.70. The van der Waals surface area contributed by atoms with Gasteiger partial charge in [0.15, 0.2) is 5.65 Å². The van der Waals surface area contributed by atoms with Gasteiger partial charge in [-0.05, 0) is 49.7 Å². The summed E-state index contributed by atoms with van der Waals surface area (Å²) in [5.74, 6) is 0.481. The van der Waals surface area contributed by atoms with Crippen LogP contribution in [0.5, 0.6) is 0 Å². The molecule has 29 heavy (non-hydrogen) atoms. The Balaban J connectivity index is 1.58. The minimum atomic E-state index is 0.481. The molecule has 0 saturated heterocycles. The summed E-state index contributed by atoms with van der Waals surface area (Å²) in [6.45, 7) is 3.94. The molecule has 0 bridgehead atoms. The lowest BCUT2D eigenvalue weighted by Gasteiger charge is -2.09. The third-order valence-corrected chi connectivity index (χ3v) is 4.83. The summed E-state index contributed by atoms with van der Waals surface area (Å²) in [5, 5.41) is 17.8. The van der Waals surface area contributed by atoms with Gasteiger partial charge in [-0.15, -0.1) is 0 Å². The molecule has 1 N–H and O–H groups in total. The van der Waals surface area contributed by atoms with Crippen molar-refractivity contribution in [2.24, 2.45) is 0 Å². The van der Waals surface area contributed by atoms with Crippen LogP contribution in [0.1, 0.15) is 16.8 Å². The lowest BCUT2D eigenvalue weighted by Crippen LogP contribution is -2.03. The molecular formula is C21H16N8. The first-order valence-corrected chi connectivity index (χ1v) is 9.05. The Bertz CT molecular complexity index is 1400. The van der Waals surface area contributed by atoms with E-state index >= 15 is 0 Å². The van der Waals surface area contributed by atoms with Crippen molar-refractivity contribution in [3.05, 3.63) is 71.9 Å². The maximum absolute atomic E-state index is 9.02. The van der Waals surface area contributed by atoms with E-state index in [0.29, 0.717) is 17.2 Å². The lowest BCUT2D eigenvalue weighted by atomic mass is 10.2. The molecule has 8 nitrogen and oxygen atoms in total. The molecule has 5 rings (SSSR count). The SMILES string of the molecule is Cc1cc2nccn2cc1Nc1ncc2c(C)nn(-c3ccc(C#N)cc3)c2n1. The number of hydrogen-bond donors (Lipinski definition) is 1. The fourth-order valence-electron chi connectivity index (χ4n) is 3.27. The summed E-state index contributed by atoms with van der Waals surface area (Å²) >= 11 is 0. The standard InChI is InChI=1S/C21H16N8/c1-13-9-19-23-7-8-28(19)12-18(13)25-21-24-11-17-14(2)27-29(20(17)26-21)16-5-3-15(10-22)4-6-16/h3-9,11-12H,1-2H3,(H,24,25,26). The molecule has 0 atom stereocenters. The van der Waals surface area contributed by atoms with E-state index in [2.05, 4.69) is 26.5 Å². The topological polar surface area (TPSA) is 96.7 Å². The van der Waals surface area contributed by atoms with Gasteiger partial charge >= 0.3 is 0 Å². The third kappa shape index (κ3) is 2.85. The molecule has 0 unspecified atom stereocenters. The van der Waals surface area contributed by atoms with Crippen LogP contribution in [0, 0.1) is 25.2 Å². The number of anilines is 2. The highest BCUT2D eigenvalue weighted by molar-refractivity contribution is 5.80. The van der Waals surface area contributed by atoms with Crippen LogP contribution in [0.25, 0.3) is 22.4 Å². The molecule has 0 aliphatic heterocycles. The monoisotopic (exact) mass is 380 g/mol. The Hall–Kier alpha value is -4.25. The Labute approximate surface area is 166 Å². The zero-order valence-corrected chi connectivity index (χ0v) is 15.8. The number of imidazole rings is 1. The summed E-state index contributed by atoms with van der Waals surface area (Å²) in [5.41, 5.74) is 5.81. The smallest absolute Gasteiger partial charge is 0.229 e. The maximum Gasteiger partial charge on any atom is 0.229 e. The Kier molecular flexibility index (Phi) is 3.74. The van der Waals surface area contributed by atoms with Gasteiger partial charge in [-0.2, -0.15) is 15.3 Å². The molecule has 0 radical (unpaired) electrons. The first kappa shape index (κ1) is 16.9. The van der Waals surface area contributed by atoms with E-state index in [1.807, 2.05) is 48.8 Å². The molecule has 0 amide bonds. The molecule has 4 aromatic heterocycles. The van der Waals surface area contributed by atoms with Crippen LogP contribution in [0.4, 0.5) is 11.6 Å². The molecule has 8 heteroatoms. The minimum absolute atomic E-state index is 0.481. The van der Waals surface area contributed by atoms with Gasteiger partial charge in [0, 0.05) is 24.8 Å². The lowest BCUT2D eigenvalue weighted by molar-refractivity contribution is 0.877. The van der Waals surface area contributed by atoms with E-state index in [1.165, 1.54) is 0 Å². The van der Waals surface area contributed by atoms with E-state index in [1.54, 1.807) is 29.2 Å². The van der Waals surface area contributed by atoms with Gasteiger partial charge in [0.05, 0.1) is 34.1 Å². The largest absolute Gasteiger partial charge is 0.323 e. The summed E-state index contributed by atoms with van der Waals surface area (Å²) in [6.07, 6.45) is 7.40. The van der Waals surface area contributed by atoms with Crippen LogP contribution >= 0.6 is 0 Å². The number of fused-ring (bicyclic) bond motifs is 2. The van der Waals surface area contributed by atoms with E-state index in [-0.39, 0.29) is 0 Å². The van der Waals surface area contributed by atoms with Crippen molar-refractivity contribution in [3.8, 4) is 11.8 Å². The molecule has 0 saturated carbocycles. The zero-order chi connectivity index (χ0) is 20.0. The molecule has 4 heterocycles. The van der Waals surface area contributed by atoms with Gasteiger partial charge in [-0.3, -0.25) is 0 Å². The summed E-state index contributed by atoms with van der Waals surface area (Å²) in [4.78, 5) is 13.5. The van der Waals surface area contributed by atoms with Crippen molar-refractivity contribution in [1.29, 1.82) is 5.26 Å².